The molecular formula is C29H29FN4O. The SMILES string of the molecule is Cc1cc2nc(-c3ccccc3)c(N3CCCN(C(=O)Cc4ccc(F)cc4)CC3)nc2cc1C. The highest BCUT2D eigenvalue weighted by atomic mass is 19.1. The highest BCUT2D eigenvalue weighted by molar-refractivity contribution is 5.85. The second-order valence-corrected chi connectivity index (χ2v) is 9.21. The lowest BCUT2D eigenvalue weighted by Gasteiger charge is -2.25. The van der Waals surface area contributed by atoms with Crippen LogP contribution in [0.15, 0.2) is 66.7 Å². The molecule has 1 fully saturated rings. The molecule has 1 saturated heterocycles. The van der Waals surface area contributed by atoms with Crippen molar-refractivity contribution in [2.75, 3.05) is 31.1 Å². The third-order valence-corrected chi connectivity index (χ3v) is 6.73. The third kappa shape index (κ3) is 5.02. The minimum absolute atomic E-state index is 0.0671. The van der Waals surface area contributed by atoms with Crippen molar-refractivity contribution in [3.8, 4) is 11.3 Å². The van der Waals surface area contributed by atoms with Crippen LogP contribution in [0.4, 0.5) is 10.2 Å². The number of carbonyl (C=O) groups excluding carboxylic acids is 1. The Bertz CT molecular complexity index is 1350. The van der Waals surface area contributed by atoms with Crippen molar-refractivity contribution in [1.29, 1.82) is 0 Å². The van der Waals surface area contributed by atoms with Crippen molar-refractivity contribution >= 4 is 22.8 Å². The lowest BCUT2D eigenvalue weighted by atomic mass is 10.1. The zero-order valence-corrected chi connectivity index (χ0v) is 20.2. The summed E-state index contributed by atoms with van der Waals surface area (Å²) in [6.07, 6.45) is 1.12. The number of halogens is 1. The second-order valence-electron chi connectivity index (χ2n) is 9.21. The van der Waals surface area contributed by atoms with E-state index in [4.69, 9.17) is 9.97 Å². The number of amides is 1. The van der Waals surface area contributed by atoms with E-state index in [0.717, 1.165) is 46.6 Å². The van der Waals surface area contributed by atoms with E-state index in [1.54, 1.807) is 12.1 Å². The van der Waals surface area contributed by atoms with E-state index in [1.165, 1.54) is 23.3 Å². The van der Waals surface area contributed by atoms with Crippen LogP contribution in [-0.4, -0.2) is 47.0 Å². The van der Waals surface area contributed by atoms with Gasteiger partial charge in [0, 0.05) is 31.7 Å². The monoisotopic (exact) mass is 468 g/mol. The molecule has 0 unspecified atom stereocenters. The van der Waals surface area contributed by atoms with Crippen molar-refractivity contribution < 1.29 is 9.18 Å². The van der Waals surface area contributed by atoms with E-state index < -0.39 is 0 Å². The first kappa shape index (κ1) is 23.0. The molecular weight excluding hydrogens is 439 g/mol. The summed E-state index contributed by atoms with van der Waals surface area (Å²) < 4.78 is 13.2. The maximum atomic E-state index is 13.2. The molecule has 0 atom stereocenters. The summed E-state index contributed by atoms with van der Waals surface area (Å²) in [5.41, 5.74) is 6.89. The number of aryl methyl sites for hydroxylation is 2. The number of benzene rings is 3. The molecule has 2 heterocycles. The smallest absolute Gasteiger partial charge is 0.227 e. The van der Waals surface area contributed by atoms with E-state index in [9.17, 15) is 9.18 Å². The summed E-state index contributed by atoms with van der Waals surface area (Å²) >= 11 is 0. The molecule has 1 aliphatic rings. The van der Waals surface area contributed by atoms with E-state index in [-0.39, 0.29) is 18.1 Å². The van der Waals surface area contributed by atoms with Gasteiger partial charge in [-0.1, -0.05) is 42.5 Å². The zero-order valence-electron chi connectivity index (χ0n) is 20.2. The number of hydrogen-bond donors (Lipinski definition) is 0. The van der Waals surface area contributed by atoms with Crippen molar-refractivity contribution in [2.24, 2.45) is 0 Å². The highest BCUT2D eigenvalue weighted by Crippen LogP contribution is 2.31. The molecule has 0 bridgehead atoms. The predicted molar refractivity (Wildman–Crippen MR) is 138 cm³/mol. The number of fused-ring (bicyclic) bond motifs is 1. The van der Waals surface area contributed by atoms with Gasteiger partial charge < -0.3 is 9.80 Å². The first-order valence-electron chi connectivity index (χ1n) is 12.1. The first-order chi connectivity index (χ1) is 17.0. The van der Waals surface area contributed by atoms with Crippen LogP contribution in [0.3, 0.4) is 0 Å². The van der Waals surface area contributed by atoms with Crippen LogP contribution in [0.1, 0.15) is 23.1 Å². The Hall–Kier alpha value is -3.80. The lowest BCUT2D eigenvalue weighted by Crippen LogP contribution is -2.36. The standard InChI is InChI=1S/C29H29FN4O/c1-20-17-25-26(18-21(20)2)32-29(28(31-25)23-7-4-3-5-8-23)34-14-6-13-33(15-16-34)27(35)19-22-9-11-24(30)12-10-22/h3-5,7-12,17-18H,6,13-16,19H2,1-2H3. The molecule has 0 spiro atoms. The first-order valence-corrected chi connectivity index (χ1v) is 12.1. The van der Waals surface area contributed by atoms with Gasteiger partial charge in [-0.05, 0) is 61.2 Å². The number of rotatable bonds is 4. The highest BCUT2D eigenvalue weighted by Gasteiger charge is 2.23. The van der Waals surface area contributed by atoms with Gasteiger partial charge in [-0.25, -0.2) is 14.4 Å². The van der Waals surface area contributed by atoms with Gasteiger partial charge in [-0.2, -0.15) is 0 Å². The molecule has 178 valence electrons. The Morgan fingerprint density at radius 2 is 1.54 bits per heavy atom. The minimum Gasteiger partial charge on any atom is -0.353 e. The summed E-state index contributed by atoms with van der Waals surface area (Å²) in [6.45, 7) is 6.97. The Kier molecular flexibility index (Phi) is 6.45. The Morgan fingerprint density at radius 1 is 0.857 bits per heavy atom. The van der Waals surface area contributed by atoms with Gasteiger partial charge in [0.05, 0.1) is 17.5 Å². The molecule has 5 rings (SSSR count). The number of hydrogen-bond acceptors (Lipinski definition) is 4. The maximum absolute atomic E-state index is 13.2. The Morgan fingerprint density at radius 3 is 2.26 bits per heavy atom. The molecule has 0 aliphatic carbocycles. The zero-order chi connectivity index (χ0) is 24.4. The van der Waals surface area contributed by atoms with Gasteiger partial charge >= 0.3 is 0 Å². The van der Waals surface area contributed by atoms with Crippen LogP contribution in [0.25, 0.3) is 22.3 Å². The Labute approximate surface area is 205 Å². The molecule has 35 heavy (non-hydrogen) atoms. The van der Waals surface area contributed by atoms with Crippen LogP contribution in [0, 0.1) is 19.7 Å². The van der Waals surface area contributed by atoms with Gasteiger partial charge in [0.15, 0.2) is 5.82 Å². The fourth-order valence-electron chi connectivity index (χ4n) is 4.58. The van der Waals surface area contributed by atoms with E-state index in [2.05, 4.69) is 43.0 Å². The molecule has 4 aromatic rings. The molecule has 3 aromatic carbocycles. The summed E-state index contributed by atoms with van der Waals surface area (Å²) in [6, 6.07) is 20.5. The molecule has 0 saturated carbocycles. The third-order valence-electron chi connectivity index (χ3n) is 6.73. The average Bonchev–Trinajstić information content (AvgIpc) is 3.12. The summed E-state index contributed by atoms with van der Waals surface area (Å²) in [5, 5.41) is 0. The minimum atomic E-state index is -0.289. The topological polar surface area (TPSA) is 49.3 Å². The Balaban J connectivity index is 1.43. The van der Waals surface area contributed by atoms with Crippen molar-refractivity contribution in [1.82, 2.24) is 14.9 Å². The van der Waals surface area contributed by atoms with Crippen LogP contribution >= 0.6 is 0 Å². The molecule has 1 aliphatic heterocycles. The average molecular weight is 469 g/mol. The summed E-state index contributed by atoms with van der Waals surface area (Å²) in [5.74, 6) is 0.639. The number of nitrogens with zero attached hydrogens (tertiary/aromatic N) is 4. The van der Waals surface area contributed by atoms with Crippen molar-refractivity contribution in [2.45, 2.75) is 26.7 Å². The van der Waals surface area contributed by atoms with E-state index >= 15 is 0 Å². The van der Waals surface area contributed by atoms with Crippen LogP contribution in [0.5, 0.6) is 0 Å². The summed E-state index contributed by atoms with van der Waals surface area (Å²) in [7, 11) is 0. The molecule has 1 aromatic heterocycles. The molecule has 0 N–H and O–H groups in total. The van der Waals surface area contributed by atoms with Gasteiger partial charge in [-0.15, -0.1) is 0 Å². The fourth-order valence-corrected chi connectivity index (χ4v) is 4.58. The van der Waals surface area contributed by atoms with Gasteiger partial charge in [0.25, 0.3) is 0 Å². The van der Waals surface area contributed by atoms with Crippen molar-refractivity contribution in [3.63, 3.8) is 0 Å². The van der Waals surface area contributed by atoms with Gasteiger partial charge in [0.1, 0.15) is 11.5 Å². The maximum Gasteiger partial charge on any atom is 0.227 e. The molecule has 6 heteroatoms. The number of aromatic nitrogens is 2. The quantitative estimate of drug-likeness (QED) is 0.406. The van der Waals surface area contributed by atoms with E-state index in [0.29, 0.717) is 19.6 Å². The van der Waals surface area contributed by atoms with Crippen molar-refractivity contribution in [3.05, 3.63) is 89.2 Å². The van der Waals surface area contributed by atoms with E-state index in [1.807, 2.05) is 23.1 Å². The predicted octanol–water partition coefficient (Wildman–Crippen LogP) is 5.33. The second kappa shape index (κ2) is 9.82. The molecule has 5 nitrogen and oxygen atoms in total. The fraction of sp³-hybridized carbons (Fsp3) is 0.276. The number of carbonyl (C=O) groups is 1. The number of anilines is 1. The van der Waals surface area contributed by atoms with Gasteiger partial charge in [0.2, 0.25) is 5.91 Å². The molecule has 1 amide bonds. The van der Waals surface area contributed by atoms with Crippen LogP contribution in [-0.2, 0) is 11.2 Å². The largest absolute Gasteiger partial charge is 0.353 e. The molecule has 0 radical (unpaired) electrons. The normalized spacial score (nSPS) is 14.3. The van der Waals surface area contributed by atoms with Gasteiger partial charge in [-0.3, -0.25) is 4.79 Å². The van der Waals surface area contributed by atoms with Crippen LogP contribution < -0.4 is 4.90 Å². The lowest BCUT2D eigenvalue weighted by molar-refractivity contribution is -0.130. The van der Waals surface area contributed by atoms with Crippen LogP contribution in [0.2, 0.25) is 0 Å². The summed E-state index contributed by atoms with van der Waals surface area (Å²) in [4.78, 5) is 27.3.